The number of carbonyl (C=O) groups excluding carboxylic acids is 4. The minimum absolute atomic E-state index is 0.162. The molecule has 1 atom stereocenters. The number of unbranched alkanes of at least 4 members (excludes halogenated alkanes) is 17. The fourth-order valence-corrected chi connectivity index (χ4v) is 6.66. The Kier molecular flexibility index (Phi) is 20.4. The van der Waals surface area contributed by atoms with E-state index in [1.165, 1.54) is 100.0 Å². The van der Waals surface area contributed by atoms with Gasteiger partial charge in [-0.05, 0) is 31.0 Å². The van der Waals surface area contributed by atoms with E-state index >= 15 is 0 Å². The molecule has 12 heteroatoms. The van der Waals surface area contributed by atoms with Crippen LogP contribution in [0.5, 0.6) is 0 Å². The maximum atomic E-state index is 14.0. The lowest BCUT2D eigenvalue weighted by Gasteiger charge is -2.25. The second-order valence-electron chi connectivity index (χ2n) is 15.7. The molecule has 0 spiro atoms. The van der Waals surface area contributed by atoms with Crippen molar-refractivity contribution in [1.82, 2.24) is 19.5 Å². The van der Waals surface area contributed by atoms with E-state index in [2.05, 4.69) is 39.4 Å². The lowest BCUT2D eigenvalue weighted by Crippen LogP contribution is -2.38. The van der Waals surface area contributed by atoms with E-state index in [1.807, 2.05) is 0 Å². The number of aromatic nitrogens is 4. The minimum atomic E-state index is -1.39. The van der Waals surface area contributed by atoms with E-state index in [-0.39, 0.29) is 39.2 Å². The van der Waals surface area contributed by atoms with Gasteiger partial charge in [-0.25, -0.2) is 19.7 Å². The van der Waals surface area contributed by atoms with Gasteiger partial charge in [0.25, 0.3) is 5.91 Å². The number of esters is 1. The average Bonchev–Trinajstić information content (AvgIpc) is 3.58. The maximum absolute atomic E-state index is 14.0. The molecule has 2 N–H and O–H groups in total. The second-order valence-corrected chi connectivity index (χ2v) is 16.1. The van der Waals surface area contributed by atoms with Crippen LogP contribution in [0.15, 0.2) is 30.9 Å². The average molecular weight is 781 g/mol. The number of benzene rings is 1. The summed E-state index contributed by atoms with van der Waals surface area (Å²) in [5.74, 6) is -1.60. The van der Waals surface area contributed by atoms with Gasteiger partial charge >= 0.3 is 5.97 Å². The number of ketones is 1. The fraction of sp³-hybridized carbons (Fsp3) is 0.651. The smallest absolute Gasteiger partial charge is 0.338 e. The molecule has 2 aromatic heterocycles. The molecule has 55 heavy (non-hydrogen) atoms. The number of nitrogens with one attached hydrogen (secondary N) is 2. The number of anilines is 2. The number of ether oxygens (including phenoxy) is 1. The largest absolute Gasteiger partial charge is 0.462 e. The van der Waals surface area contributed by atoms with Gasteiger partial charge in [-0.3, -0.25) is 19.0 Å². The molecule has 3 rings (SSSR count). The van der Waals surface area contributed by atoms with Gasteiger partial charge in [0.2, 0.25) is 5.91 Å². The third-order valence-electron chi connectivity index (χ3n) is 9.83. The third kappa shape index (κ3) is 15.7. The number of nitrogens with zero attached hydrogens (tertiary/aromatic N) is 4. The number of Topliss-reactive ketones (excluding diaryl/α,β-unsaturated/α-hetero) is 1. The standard InChI is InChI=1S/C43H65ClN6O5/c1-6-8-10-12-13-14-15-16-17-18-19-20-22-24-28-55-42(54)32-26-27-33(44)34(29-32)48-41(53)37(38(52)43(3,4)5)50-31-47-36-39(45-30-46-40(36)50)49-35(51)25-23-21-11-9-7-2/h26-27,29-31,37H,6-25,28H2,1-5H3,(H,48,53)(H,45,46,49,51). The molecule has 0 saturated carbocycles. The summed E-state index contributed by atoms with van der Waals surface area (Å²) in [6, 6.07) is 3.12. The maximum Gasteiger partial charge on any atom is 0.338 e. The quantitative estimate of drug-likeness (QED) is 0.0442. The van der Waals surface area contributed by atoms with Gasteiger partial charge in [0, 0.05) is 11.8 Å². The molecular weight excluding hydrogens is 716 g/mol. The molecule has 0 aliphatic rings. The number of hydrogen-bond acceptors (Lipinski definition) is 8. The second kappa shape index (κ2) is 24.6. The van der Waals surface area contributed by atoms with Crippen molar-refractivity contribution >= 4 is 57.8 Å². The zero-order valence-corrected chi connectivity index (χ0v) is 34.8. The highest BCUT2D eigenvalue weighted by atomic mass is 35.5. The summed E-state index contributed by atoms with van der Waals surface area (Å²) >= 11 is 6.48. The molecular formula is C43H65ClN6O5. The van der Waals surface area contributed by atoms with Crippen molar-refractivity contribution in [3.63, 3.8) is 0 Å². The van der Waals surface area contributed by atoms with Gasteiger partial charge in [0.1, 0.15) is 6.33 Å². The lowest BCUT2D eigenvalue weighted by molar-refractivity contribution is -0.135. The Morgan fingerprint density at radius 2 is 1.31 bits per heavy atom. The van der Waals surface area contributed by atoms with Crippen LogP contribution in [0, 0.1) is 5.41 Å². The van der Waals surface area contributed by atoms with Gasteiger partial charge < -0.3 is 15.4 Å². The highest BCUT2D eigenvalue weighted by molar-refractivity contribution is 6.34. The molecule has 0 aliphatic carbocycles. The number of halogens is 1. The molecule has 3 aromatic rings. The number of rotatable bonds is 27. The van der Waals surface area contributed by atoms with Gasteiger partial charge in [0.15, 0.2) is 28.8 Å². The van der Waals surface area contributed by atoms with Crippen LogP contribution < -0.4 is 10.6 Å². The Hall–Kier alpha value is -3.86. The summed E-state index contributed by atoms with van der Waals surface area (Å²) in [5.41, 5.74) is -0.0743. The molecule has 2 heterocycles. The molecule has 2 amide bonds. The topological polar surface area (TPSA) is 145 Å². The van der Waals surface area contributed by atoms with Crippen LogP contribution in [-0.2, 0) is 19.1 Å². The summed E-state index contributed by atoms with van der Waals surface area (Å²) < 4.78 is 6.92. The monoisotopic (exact) mass is 780 g/mol. The van der Waals surface area contributed by atoms with Crippen LogP contribution in [0.3, 0.4) is 0 Å². The highest BCUT2D eigenvalue weighted by Gasteiger charge is 2.38. The van der Waals surface area contributed by atoms with Crippen molar-refractivity contribution < 1.29 is 23.9 Å². The summed E-state index contributed by atoms with van der Waals surface area (Å²) in [7, 11) is 0. The first-order chi connectivity index (χ1) is 26.5. The first-order valence-corrected chi connectivity index (χ1v) is 21.1. The number of amides is 2. The van der Waals surface area contributed by atoms with Crippen molar-refractivity contribution in [3.05, 3.63) is 41.4 Å². The first kappa shape index (κ1) is 45.5. The SMILES string of the molecule is CCCCCCCCCCCCCCCCOC(=O)c1ccc(Cl)c(NC(=O)C(C(=O)C(C)(C)C)n2cnc3c(NC(=O)CCCCCCC)ncnc32)c1. The normalized spacial score (nSPS) is 12.1. The molecule has 0 bridgehead atoms. The van der Waals surface area contributed by atoms with Crippen LogP contribution in [0.2, 0.25) is 5.02 Å². The Morgan fingerprint density at radius 3 is 1.89 bits per heavy atom. The predicted molar refractivity (Wildman–Crippen MR) is 222 cm³/mol. The zero-order chi connectivity index (χ0) is 40.1. The molecule has 0 fully saturated rings. The van der Waals surface area contributed by atoms with E-state index in [4.69, 9.17) is 16.3 Å². The lowest BCUT2D eigenvalue weighted by atomic mass is 9.86. The molecule has 1 aromatic carbocycles. The van der Waals surface area contributed by atoms with Gasteiger partial charge in [-0.1, -0.05) is 155 Å². The van der Waals surface area contributed by atoms with Gasteiger partial charge in [-0.15, -0.1) is 0 Å². The molecule has 0 aliphatic heterocycles. The summed E-state index contributed by atoms with van der Waals surface area (Å²) in [5, 5.41) is 5.76. The number of carbonyl (C=O) groups is 4. The summed E-state index contributed by atoms with van der Waals surface area (Å²) in [6.07, 6.45) is 25.4. The van der Waals surface area contributed by atoms with Gasteiger partial charge in [-0.2, -0.15) is 0 Å². The van der Waals surface area contributed by atoms with Crippen molar-refractivity contribution in [2.24, 2.45) is 5.41 Å². The summed E-state index contributed by atoms with van der Waals surface area (Å²) in [4.78, 5) is 66.4. The van der Waals surface area contributed by atoms with Crippen LogP contribution in [-0.4, -0.2) is 49.7 Å². The number of fused-ring (bicyclic) bond motifs is 1. The minimum Gasteiger partial charge on any atom is -0.462 e. The number of hydrogen-bond donors (Lipinski definition) is 2. The third-order valence-corrected chi connectivity index (χ3v) is 10.2. The van der Waals surface area contributed by atoms with Crippen LogP contribution >= 0.6 is 11.6 Å². The Balaban J connectivity index is 1.57. The molecule has 0 saturated heterocycles. The molecule has 304 valence electrons. The van der Waals surface area contributed by atoms with E-state index in [1.54, 1.807) is 26.8 Å². The van der Waals surface area contributed by atoms with Crippen LogP contribution in [0.25, 0.3) is 11.2 Å². The van der Waals surface area contributed by atoms with E-state index in [0.29, 0.717) is 13.0 Å². The van der Waals surface area contributed by atoms with E-state index in [0.717, 1.165) is 51.4 Å². The first-order valence-electron chi connectivity index (χ1n) is 20.8. The Labute approximate surface area is 333 Å². The molecule has 11 nitrogen and oxygen atoms in total. The predicted octanol–water partition coefficient (Wildman–Crippen LogP) is 11.2. The van der Waals surface area contributed by atoms with Crippen LogP contribution in [0.1, 0.15) is 179 Å². The van der Waals surface area contributed by atoms with E-state index < -0.39 is 29.1 Å². The Bertz CT molecular complexity index is 1650. The van der Waals surface area contributed by atoms with Gasteiger partial charge in [0.05, 0.1) is 29.2 Å². The van der Waals surface area contributed by atoms with Crippen molar-refractivity contribution in [1.29, 1.82) is 0 Å². The van der Waals surface area contributed by atoms with Crippen LogP contribution in [0.4, 0.5) is 11.5 Å². The zero-order valence-electron chi connectivity index (χ0n) is 34.0. The van der Waals surface area contributed by atoms with Crippen molar-refractivity contribution in [2.45, 2.75) is 169 Å². The molecule has 1 unspecified atom stereocenters. The molecule has 0 radical (unpaired) electrons. The van der Waals surface area contributed by atoms with Crippen molar-refractivity contribution in [3.8, 4) is 0 Å². The highest BCUT2D eigenvalue weighted by Crippen LogP contribution is 2.31. The Morgan fingerprint density at radius 1 is 0.745 bits per heavy atom. The van der Waals surface area contributed by atoms with Crippen molar-refractivity contribution in [2.75, 3.05) is 17.2 Å². The number of imidazole rings is 1. The summed E-state index contributed by atoms with van der Waals surface area (Å²) in [6.45, 7) is 9.86. The fourth-order valence-electron chi connectivity index (χ4n) is 6.49. The van der Waals surface area contributed by atoms with E-state index in [9.17, 15) is 19.2 Å².